The lowest BCUT2D eigenvalue weighted by molar-refractivity contribution is -0.166. The lowest BCUT2D eigenvalue weighted by Gasteiger charge is -2.58. The van der Waals surface area contributed by atoms with Crippen LogP contribution in [0, 0.1) is 0 Å². The molecule has 2 bridgehead atoms. The van der Waals surface area contributed by atoms with Crippen LogP contribution in [0.3, 0.4) is 0 Å². The van der Waals surface area contributed by atoms with E-state index in [2.05, 4.69) is 10.3 Å². The maximum atomic E-state index is 15.6. The summed E-state index contributed by atoms with van der Waals surface area (Å²) in [5.41, 5.74) is 1.02. The van der Waals surface area contributed by atoms with Crippen LogP contribution >= 0.6 is 21.6 Å². The highest BCUT2D eigenvalue weighted by Crippen LogP contribution is 2.70. The maximum absolute atomic E-state index is 15.6. The van der Waals surface area contributed by atoms with Crippen molar-refractivity contribution in [3.63, 3.8) is 0 Å². The summed E-state index contributed by atoms with van der Waals surface area (Å²) >= 11 is 0. The summed E-state index contributed by atoms with van der Waals surface area (Å²) in [6, 6.07) is 30.9. The molecule has 4 atom stereocenters. The molecule has 5 aromatic rings. The number of carbonyl (C=O) groups excluding carboxylic acids is 2. The number of para-hydroxylation sites is 1. The van der Waals surface area contributed by atoms with Gasteiger partial charge in [-0.1, -0.05) is 75.3 Å². The zero-order valence-electron chi connectivity index (χ0n) is 32.3. The number of carbonyl (C=O) groups is 2. The Morgan fingerprint density at radius 2 is 1.46 bits per heavy atom. The van der Waals surface area contributed by atoms with Crippen LogP contribution < -0.4 is 13.8 Å². The van der Waals surface area contributed by atoms with Crippen LogP contribution in [0.25, 0.3) is 11.3 Å². The normalized spacial score (nSPS) is 24.1. The van der Waals surface area contributed by atoms with Crippen LogP contribution in [0.5, 0.6) is 11.5 Å². The number of hydrogen-bond acceptors (Lipinski definition) is 10. The zero-order chi connectivity index (χ0) is 40.1. The molecule has 1 aromatic heterocycles. The van der Waals surface area contributed by atoms with E-state index in [0.717, 1.165) is 22.4 Å². The number of ether oxygens (including phenoxy) is 2. The molecule has 12 nitrogen and oxygen atoms in total. The van der Waals surface area contributed by atoms with E-state index in [9.17, 15) is 8.42 Å². The third kappa shape index (κ3) is 5.37. The first kappa shape index (κ1) is 37.6. The first-order chi connectivity index (χ1) is 27.2. The summed E-state index contributed by atoms with van der Waals surface area (Å²) in [4.78, 5) is 32.9. The molecule has 0 radical (unpaired) electrons. The molecule has 1 spiro atoms. The lowest BCUT2D eigenvalue weighted by atomic mass is 9.72. The van der Waals surface area contributed by atoms with E-state index in [1.165, 1.54) is 25.9 Å². The number of benzene rings is 4. The van der Waals surface area contributed by atoms with Gasteiger partial charge in [0.25, 0.3) is 21.8 Å². The topological polar surface area (TPSA) is 127 Å². The van der Waals surface area contributed by atoms with E-state index in [1.807, 2.05) is 105 Å². The molecule has 0 unspecified atom stereocenters. The van der Waals surface area contributed by atoms with E-state index < -0.39 is 42.9 Å². The van der Waals surface area contributed by atoms with Gasteiger partial charge in [-0.2, -0.15) is 0 Å². The van der Waals surface area contributed by atoms with Crippen molar-refractivity contribution < 1.29 is 27.5 Å². The van der Waals surface area contributed by atoms with Crippen LogP contribution in [0.2, 0.25) is 0 Å². The minimum atomic E-state index is -4.24. The first-order valence-corrected chi connectivity index (χ1v) is 22.3. The van der Waals surface area contributed by atoms with Crippen molar-refractivity contribution >= 4 is 49.1 Å². The molecule has 4 aromatic carbocycles. The summed E-state index contributed by atoms with van der Waals surface area (Å²) in [6.45, 7) is 8.07. The molecule has 15 heteroatoms. The van der Waals surface area contributed by atoms with E-state index in [0.29, 0.717) is 23.6 Å². The van der Waals surface area contributed by atoms with Gasteiger partial charge in [-0.05, 0) is 99.8 Å². The Morgan fingerprint density at radius 3 is 2.12 bits per heavy atom. The van der Waals surface area contributed by atoms with Crippen molar-refractivity contribution in [3.8, 4) is 22.8 Å². The highest BCUT2D eigenvalue weighted by Gasteiger charge is 2.78. The monoisotopic (exact) mass is 822 g/mol. The van der Waals surface area contributed by atoms with Crippen molar-refractivity contribution in [1.82, 2.24) is 24.8 Å². The fraction of sp³-hybridized carbons (Fsp3) is 0.333. The van der Waals surface area contributed by atoms with Gasteiger partial charge in [0.2, 0.25) is 0 Å². The van der Waals surface area contributed by atoms with E-state index >= 15 is 9.59 Å². The molecule has 6 heterocycles. The molecule has 5 aliphatic rings. The van der Waals surface area contributed by atoms with Gasteiger partial charge in [0.15, 0.2) is 10.2 Å². The molecule has 57 heavy (non-hydrogen) atoms. The van der Waals surface area contributed by atoms with Crippen LogP contribution in [0.4, 0.5) is 5.69 Å². The van der Waals surface area contributed by atoms with Crippen LogP contribution in [-0.2, 0) is 30.6 Å². The van der Waals surface area contributed by atoms with E-state index in [-0.39, 0.29) is 23.1 Å². The van der Waals surface area contributed by atoms with Gasteiger partial charge in [-0.3, -0.25) is 14.5 Å². The Balaban J connectivity index is 1.14. The molecule has 0 N–H and O–H groups in total. The number of rotatable bonds is 10. The highest BCUT2D eigenvalue weighted by atomic mass is 33.1. The number of fused-ring (bicyclic) bond motifs is 5. The number of methoxy groups -OCH3 is 2. The summed E-state index contributed by atoms with van der Waals surface area (Å²) in [5, 5.41) is 8.08. The van der Waals surface area contributed by atoms with Crippen molar-refractivity contribution in [3.05, 3.63) is 120 Å². The SMILES string of the molecule is COc1ccc(-c2cn(C(C)(C)CC(C)(C)N3C(=O)[C@@]45C[C@]6(c7ccc(OC)cc7)c7ccccc7N(S(=O)(=O)c7ccccc7)[C@@H]6N4C(=O)[C@@H]3SS5)nn2)cc1. The molecule has 2 amide bonds. The lowest BCUT2D eigenvalue weighted by Crippen LogP contribution is -2.76. The smallest absolute Gasteiger partial charge is 0.266 e. The second kappa shape index (κ2) is 13.0. The van der Waals surface area contributed by atoms with Crippen LogP contribution in [0.1, 0.15) is 51.7 Å². The molecule has 5 aliphatic heterocycles. The Labute approximate surface area is 340 Å². The van der Waals surface area contributed by atoms with Crippen molar-refractivity contribution in [2.45, 2.75) is 78.3 Å². The van der Waals surface area contributed by atoms with Crippen LogP contribution in [-0.4, -0.2) is 81.2 Å². The van der Waals surface area contributed by atoms with Crippen molar-refractivity contribution in [1.29, 1.82) is 0 Å². The quantitative estimate of drug-likeness (QED) is 0.138. The van der Waals surface area contributed by atoms with Gasteiger partial charge in [0, 0.05) is 17.5 Å². The number of aromatic nitrogens is 3. The number of amides is 2. The minimum absolute atomic E-state index is 0.0995. The van der Waals surface area contributed by atoms with Crippen molar-refractivity contribution in [2.75, 3.05) is 18.5 Å². The Bertz CT molecular complexity index is 2510. The van der Waals surface area contributed by atoms with Crippen LogP contribution in [0.15, 0.2) is 114 Å². The van der Waals surface area contributed by atoms with Gasteiger partial charge in [-0.25, -0.2) is 17.4 Å². The number of hydrogen-bond donors (Lipinski definition) is 0. The Hall–Kier alpha value is -4.99. The summed E-state index contributed by atoms with van der Waals surface area (Å²) in [5.74, 6) is 0.866. The fourth-order valence-electron chi connectivity index (χ4n) is 9.54. The van der Waals surface area contributed by atoms with Gasteiger partial charge < -0.3 is 14.4 Å². The third-order valence-electron chi connectivity index (χ3n) is 11.9. The summed E-state index contributed by atoms with van der Waals surface area (Å²) in [7, 11) is 1.72. The number of anilines is 1. The standard InChI is InChI=1S/C42H42N6O6S3/c1-39(2,45-24-33(43-44-45)27-16-20-29(53-5)21-17-27)25-40(3,4)47-36-35(49)46-37-41(26-42(46,38(47)50)56-55-36,28-18-22-30(54-6)23-19-28)32-14-10-11-15-34(32)48(37)57(51,52)31-12-8-7-9-13-31/h7-24,36-37H,25-26H2,1-6H3/t36-,37-,41-,42-/m0/s1. The third-order valence-corrected chi connectivity index (χ3v) is 16.8. The van der Waals surface area contributed by atoms with Crippen molar-refractivity contribution in [2.24, 2.45) is 0 Å². The van der Waals surface area contributed by atoms with Gasteiger partial charge in [0.05, 0.1) is 42.0 Å². The number of piperazine rings is 1. The fourth-order valence-corrected chi connectivity index (χ4v) is 14.7. The molecule has 4 fully saturated rings. The highest BCUT2D eigenvalue weighted by molar-refractivity contribution is 8.78. The molecule has 10 rings (SSSR count). The predicted molar refractivity (Wildman–Crippen MR) is 220 cm³/mol. The zero-order valence-corrected chi connectivity index (χ0v) is 34.8. The second-order valence-corrected chi connectivity index (χ2v) is 20.5. The maximum Gasteiger partial charge on any atom is 0.266 e. The van der Waals surface area contributed by atoms with E-state index in [1.54, 1.807) is 60.4 Å². The summed E-state index contributed by atoms with van der Waals surface area (Å²) in [6.07, 6.45) is 1.43. The number of nitrogens with zero attached hydrogens (tertiary/aromatic N) is 6. The molecule has 4 saturated heterocycles. The van der Waals surface area contributed by atoms with Gasteiger partial charge in [-0.15, -0.1) is 5.10 Å². The van der Waals surface area contributed by atoms with E-state index in [4.69, 9.17) is 9.47 Å². The number of sulfonamides is 1. The first-order valence-electron chi connectivity index (χ1n) is 18.6. The summed E-state index contributed by atoms with van der Waals surface area (Å²) < 4.78 is 44.0. The van der Waals surface area contributed by atoms with Gasteiger partial charge >= 0.3 is 0 Å². The minimum Gasteiger partial charge on any atom is -0.497 e. The molecule has 294 valence electrons. The molecular formula is C42H42N6O6S3. The average molecular weight is 823 g/mol. The largest absolute Gasteiger partial charge is 0.497 e. The van der Waals surface area contributed by atoms with Gasteiger partial charge in [0.1, 0.15) is 23.4 Å². The Morgan fingerprint density at radius 1 is 0.825 bits per heavy atom. The second-order valence-electron chi connectivity index (χ2n) is 16.2. The molecular weight excluding hydrogens is 781 g/mol. The molecule has 0 saturated carbocycles. The predicted octanol–water partition coefficient (Wildman–Crippen LogP) is 6.88. The average Bonchev–Trinajstić information content (AvgIpc) is 3.90. The molecule has 0 aliphatic carbocycles. The Kier molecular flexibility index (Phi) is 8.58.